The molecule has 4 fully saturated rings. The van der Waals surface area contributed by atoms with E-state index in [4.69, 9.17) is 9.40 Å². The highest BCUT2D eigenvalue weighted by Gasteiger charge is 2.50. The van der Waals surface area contributed by atoms with Gasteiger partial charge in [0.15, 0.2) is 0 Å². The number of halogens is 1. The molecule has 33 heavy (non-hydrogen) atoms. The van der Waals surface area contributed by atoms with Crippen molar-refractivity contribution in [3.8, 4) is 11.1 Å². The molecule has 4 bridgehead atoms. The van der Waals surface area contributed by atoms with Gasteiger partial charge in [0, 0.05) is 16.7 Å². The lowest BCUT2D eigenvalue weighted by Gasteiger charge is -2.54. The lowest BCUT2D eigenvalue weighted by atomic mass is 9.52. The fourth-order valence-corrected chi connectivity index (χ4v) is 8.54. The molecule has 0 N–H and O–H groups in total. The van der Waals surface area contributed by atoms with Gasteiger partial charge in [0.1, 0.15) is 17.0 Å². The summed E-state index contributed by atoms with van der Waals surface area (Å²) in [7, 11) is 0. The Hall–Kier alpha value is -2.34. The van der Waals surface area contributed by atoms with Crippen LogP contribution < -0.4 is 0 Å². The van der Waals surface area contributed by atoms with Crippen molar-refractivity contribution < 1.29 is 4.42 Å². The largest absolute Gasteiger partial charge is 0.456 e. The van der Waals surface area contributed by atoms with E-state index in [0.29, 0.717) is 5.92 Å². The third kappa shape index (κ3) is 2.76. The van der Waals surface area contributed by atoms with Gasteiger partial charge in [-0.1, -0.05) is 30.3 Å². The molecule has 0 saturated heterocycles. The summed E-state index contributed by atoms with van der Waals surface area (Å²) in [5, 5.41) is 2.36. The molecule has 9 rings (SSSR count). The predicted octanol–water partition coefficient (Wildman–Crippen LogP) is 8.34. The van der Waals surface area contributed by atoms with Crippen LogP contribution in [0.2, 0.25) is 0 Å². The van der Waals surface area contributed by atoms with Gasteiger partial charge in [0.2, 0.25) is 0 Å². The Bertz CT molecular complexity index is 1530. The Morgan fingerprint density at radius 3 is 2.27 bits per heavy atom. The van der Waals surface area contributed by atoms with Crippen molar-refractivity contribution in [3.05, 3.63) is 66.5 Å². The number of furan rings is 1. The molecule has 0 unspecified atom stereocenters. The van der Waals surface area contributed by atoms with Crippen LogP contribution in [-0.2, 0) is 0 Å². The zero-order valence-electron chi connectivity index (χ0n) is 18.4. The normalized spacial score (nSPS) is 28.5. The maximum Gasteiger partial charge on any atom is 0.136 e. The minimum absolute atomic E-state index is 0.650. The van der Waals surface area contributed by atoms with Gasteiger partial charge in [0.25, 0.3) is 0 Å². The second-order valence-electron chi connectivity index (χ2n) is 10.7. The average molecular weight is 544 g/mol. The maximum absolute atomic E-state index is 6.14. The molecule has 5 aromatic rings. The maximum atomic E-state index is 6.14. The Balaban J connectivity index is 1.21. The zero-order chi connectivity index (χ0) is 21.7. The minimum Gasteiger partial charge on any atom is -0.456 e. The first kappa shape index (κ1) is 19.0. The second kappa shape index (κ2) is 6.84. The van der Waals surface area contributed by atoms with Crippen LogP contribution in [-0.4, -0.2) is 7.76 Å². The summed E-state index contributed by atoms with van der Waals surface area (Å²) in [6.07, 6.45) is 7.22. The van der Waals surface area contributed by atoms with Crippen LogP contribution >= 0.6 is 22.9 Å². The number of aromatic nitrogens is 2. The average Bonchev–Trinajstić information content (AvgIpc) is 3.35. The molecule has 164 valence electrons. The van der Waals surface area contributed by atoms with E-state index in [1.54, 1.807) is 0 Å². The fourth-order valence-electron chi connectivity index (χ4n) is 7.71. The number of nitrogens with zero attached hydrogens (tertiary/aromatic N) is 2. The van der Waals surface area contributed by atoms with Gasteiger partial charge in [-0.3, -0.25) is 2.78 Å². The molecule has 0 atom stereocenters. The van der Waals surface area contributed by atoms with Crippen LogP contribution in [0.5, 0.6) is 0 Å². The van der Waals surface area contributed by atoms with Gasteiger partial charge in [-0.25, -0.2) is 4.98 Å². The highest BCUT2D eigenvalue weighted by atomic mass is 127. The van der Waals surface area contributed by atoms with Crippen molar-refractivity contribution in [2.24, 2.45) is 23.7 Å². The van der Waals surface area contributed by atoms with Gasteiger partial charge >= 0.3 is 0 Å². The van der Waals surface area contributed by atoms with Crippen molar-refractivity contribution >= 4 is 55.8 Å². The number of imidazole rings is 1. The van der Waals surface area contributed by atoms with Crippen molar-refractivity contribution in [3.63, 3.8) is 0 Å². The standard InChI is InChI=1S/C29H25IN2O/c30-32-25-8-6-18(19-5-7-23-22-3-1-2-4-26(22)33-27(23)15-19)14-24(25)31-29(32)28-20-10-16-9-17(12-20)13-21(28)11-16/h1-8,14-17,20-21,28H,9-13H2/t16-,17+,20-,21+,28?. The summed E-state index contributed by atoms with van der Waals surface area (Å²) in [5.41, 5.74) is 6.65. The van der Waals surface area contributed by atoms with E-state index >= 15 is 0 Å². The predicted molar refractivity (Wildman–Crippen MR) is 142 cm³/mol. The molecule has 0 amide bonds. The van der Waals surface area contributed by atoms with Gasteiger partial charge in [-0.05, 0) is 97.2 Å². The van der Waals surface area contributed by atoms with Crippen LogP contribution in [0.3, 0.4) is 0 Å². The molecule has 3 aromatic carbocycles. The van der Waals surface area contributed by atoms with Crippen LogP contribution in [0.15, 0.2) is 65.1 Å². The minimum atomic E-state index is 0.650. The van der Waals surface area contributed by atoms with Gasteiger partial charge in [-0.15, -0.1) is 0 Å². The number of rotatable bonds is 2. The van der Waals surface area contributed by atoms with Crippen LogP contribution in [0.25, 0.3) is 44.1 Å². The number of benzene rings is 3. The van der Waals surface area contributed by atoms with Crippen molar-refractivity contribution in [1.82, 2.24) is 7.76 Å². The highest BCUT2D eigenvalue weighted by molar-refractivity contribution is 14.1. The SMILES string of the molecule is In1c(C2[C@H]3C[C@@H]4C[C@@H](C[C@H]2C4)C3)nc2cc(-c3ccc4c(c3)oc3ccccc34)ccc21. The molecular formula is C29H25IN2O. The van der Waals surface area contributed by atoms with Crippen LogP contribution in [0.4, 0.5) is 0 Å². The van der Waals surface area contributed by atoms with E-state index in [1.807, 2.05) is 12.1 Å². The number of para-hydroxylation sites is 1. The summed E-state index contributed by atoms with van der Waals surface area (Å²) in [6, 6.07) is 21.6. The monoisotopic (exact) mass is 544 g/mol. The molecule has 2 aromatic heterocycles. The van der Waals surface area contributed by atoms with Crippen molar-refractivity contribution in [2.45, 2.75) is 38.0 Å². The Kier molecular flexibility index (Phi) is 3.94. The lowest BCUT2D eigenvalue weighted by Crippen LogP contribution is -2.44. The molecule has 4 saturated carbocycles. The molecule has 3 nitrogen and oxygen atoms in total. The van der Waals surface area contributed by atoms with Crippen molar-refractivity contribution in [1.29, 1.82) is 0 Å². The molecule has 2 heterocycles. The summed E-state index contributed by atoms with van der Waals surface area (Å²) in [5.74, 6) is 5.66. The Morgan fingerprint density at radius 1 is 0.758 bits per heavy atom. The number of fused-ring (bicyclic) bond motifs is 4. The van der Waals surface area contributed by atoms with E-state index in [9.17, 15) is 0 Å². The molecule has 4 heteroatoms. The third-order valence-electron chi connectivity index (χ3n) is 8.86. The van der Waals surface area contributed by atoms with Crippen molar-refractivity contribution in [2.75, 3.05) is 0 Å². The van der Waals surface area contributed by atoms with Crippen LogP contribution in [0.1, 0.15) is 43.8 Å². The number of hydrogen-bond acceptors (Lipinski definition) is 2. The zero-order valence-corrected chi connectivity index (χ0v) is 20.5. The molecule has 0 aliphatic heterocycles. The van der Waals surface area contributed by atoms with E-state index in [-0.39, 0.29) is 0 Å². The first-order valence-electron chi connectivity index (χ1n) is 12.3. The quantitative estimate of drug-likeness (QED) is 0.209. The van der Waals surface area contributed by atoms with Gasteiger partial charge in [0.05, 0.1) is 33.9 Å². The van der Waals surface area contributed by atoms with E-state index in [2.05, 4.69) is 74.2 Å². The first-order chi connectivity index (χ1) is 16.2. The topological polar surface area (TPSA) is 31.0 Å². The second-order valence-corrected chi connectivity index (χ2v) is 11.7. The molecule has 4 aliphatic carbocycles. The van der Waals surface area contributed by atoms with E-state index in [0.717, 1.165) is 40.4 Å². The Morgan fingerprint density at radius 2 is 1.45 bits per heavy atom. The molecule has 4 aliphatic rings. The number of hydrogen-bond donors (Lipinski definition) is 0. The summed E-state index contributed by atoms with van der Waals surface area (Å²) in [4.78, 5) is 5.27. The smallest absolute Gasteiger partial charge is 0.136 e. The van der Waals surface area contributed by atoms with E-state index in [1.165, 1.54) is 65.3 Å². The summed E-state index contributed by atoms with van der Waals surface area (Å²) in [6.45, 7) is 0. The first-order valence-corrected chi connectivity index (χ1v) is 13.3. The third-order valence-corrected chi connectivity index (χ3v) is 9.87. The van der Waals surface area contributed by atoms with Crippen LogP contribution in [0, 0.1) is 23.7 Å². The summed E-state index contributed by atoms with van der Waals surface area (Å²) < 4.78 is 8.51. The van der Waals surface area contributed by atoms with E-state index < -0.39 is 0 Å². The summed E-state index contributed by atoms with van der Waals surface area (Å²) >= 11 is 2.50. The molecule has 0 radical (unpaired) electrons. The fraction of sp³-hybridized carbons (Fsp3) is 0.345. The van der Waals surface area contributed by atoms with Gasteiger partial charge in [-0.2, -0.15) is 0 Å². The lowest BCUT2D eigenvalue weighted by molar-refractivity contribution is -0.00543. The van der Waals surface area contributed by atoms with Gasteiger partial charge < -0.3 is 4.42 Å². The Labute approximate surface area is 206 Å². The molecule has 0 spiro atoms. The molecular weight excluding hydrogens is 519 g/mol. The highest BCUT2D eigenvalue weighted by Crippen LogP contribution is 2.59.